The Morgan fingerprint density at radius 1 is 1.33 bits per heavy atom. The summed E-state index contributed by atoms with van der Waals surface area (Å²) < 4.78 is 6.26. The highest BCUT2D eigenvalue weighted by Crippen LogP contribution is 2.34. The monoisotopic (exact) mass is 420 g/mol. The van der Waals surface area contributed by atoms with E-state index in [-0.39, 0.29) is 18.2 Å². The van der Waals surface area contributed by atoms with E-state index in [2.05, 4.69) is 0 Å². The van der Waals surface area contributed by atoms with Crippen LogP contribution in [0.3, 0.4) is 0 Å². The Balaban J connectivity index is 1.89. The lowest BCUT2D eigenvalue weighted by Crippen LogP contribution is -2.22. The average Bonchev–Trinajstić information content (AvgIpc) is 2.88. The molecule has 1 fully saturated rings. The maximum Gasteiger partial charge on any atom is 0.276 e. The minimum absolute atomic E-state index is 0.00830. The fourth-order valence-electron chi connectivity index (χ4n) is 2.42. The molecule has 0 atom stereocenters. The first-order chi connectivity index (χ1) is 12.9. The van der Waals surface area contributed by atoms with Gasteiger partial charge in [0.05, 0.1) is 15.4 Å². The van der Waals surface area contributed by atoms with Gasteiger partial charge in [-0.3, -0.25) is 19.8 Å². The fourth-order valence-corrected chi connectivity index (χ4v) is 3.77. The van der Waals surface area contributed by atoms with Gasteiger partial charge in [0.1, 0.15) is 16.7 Å². The molecule has 2 aromatic rings. The Morgan fingerprint density at radius 2 is 2.07 bits per heavy atom. The van der Waals surface area contributed by atoms with Crippen LogP contribution in [-0.2, 0) is 11.4 Å². The number of nitrogens with zero attached hydrogens (tertiary/aromatic N) is 2. The van der Waals surface area contributed by atoms with Crippen molar-refractivity contribution in [1.29, 1.82) is 0 Å². The summed E-state index contributed by atoms with van der Waals surface area (Å²) in [7, 11) is 1.61. The number of halogens is 1. The number of hydrogen-bond donors (Lipinski definition) is 0. The Labute approximate surface area is 169 Å². The number of nitro groups is 1. The number of hydrogen-bond acceptors (Lipinski definition) is 6. The van der Waals surface area contributed by atoms with Gasteiger partial charge in [0.15, 0.2) is 0 Å². The zero-order valence-electron chi connectivity index (χ0n) is 14.0. The number of amides is 1. The van der Waals surface area contributed by atoms with Gasteiger partial charge >= 0.3 is 0 Å². The summed E-state index contributed by atoms with van der Waals surface area (Å²) in [5, 5.41) is 11.6. The molecule has 0 bridgehead atoms. The number of benzene rings is 2. The van der Waals surface area contributed by atoms with Crippen LogP contribution in [0.15, 0.2) is 47.4 Å². The van der Waals surface area contributed by atoms with Crippen molar-refractivity contribution in [2.24, 2.45) is 0 Å². The molecule has 0 N–H and O–H groups in total. The molecule has 138 valence electrons. The van der Waals surface area contributed by atoms with E-state index >= 15 is 0 Å². The van der Waals surface area contributed by atoms with E-state index in [1.165, 1.54) is 22.7 Å². The van der Waals surface area contributed by atoms with Crippen LogP contribution >= 0.6 is 35.6 Å². The summed E-state index contributed by atoms with van der Waals surface area (Å²) in [5.41, 5.74) is 1.03. The number of thioether (sulfide) groups is 1. The first-order valence-corrected chi connectivity index (χ1v) is 9.33. The van der Waals surface area contributed by atoms with Crippen LogP contribution < -0.4 is 4.74 Å². The predicted molar refractivity (Wildman–Crippen MR) is 110 cm³/mol. The van der Waals surface area contributed by atoms with Crippen LogP contribution in [0.5, 0.6) is 5.75 Å². The number of nitro benzene ring substituents is 1. The number of thiocarbonyl (C=S) groups is 1. The maximum absolute atomic E-state index is 12.2. The maximum atomic E-state index is 12.2. The second-order valence-corrected chi connectivity index (χ2v) is 7.71. The largest absolute Gasteiger partial charge is 0.488 e. The molecule has 1 heterocycles. The van der Waals surface area contributed by atoms with Crippen molar-refractivity contribution in [3.05, 3.63) is 73.6 Å². The molecule has 1 saturated heterocycles. The van der Waals surface area contributed by atoms with Crippen LogP contribution in [-0.4, -0.2) is 27.1 Å². The van der Waals surface area contributed by atoms with E-state index in [0.29, 0.717) is 31.1 Å². The van der Waals surface area contributed by atoms with E-state index in [0.717, 1.165) is 0 Å². The average molecular weight is 421 g/mol. The van der Waals surface area contributed by atoms with Gasteiger partial charge in [-0.15, -0.1) is 0 Å². The highest BCUT2D eigenvalue weighted by Gasteiger charge is 2.29. The number of para-hydroxylation sites is 1. The van der Waals surface area contributed by atoms with Crippen molar-refractivity contribution in [3.63, 3.8) is 0 Å². The summed E-state index contributed by atoms with van der Waals surface area (Å²) in [6.07, 6.45) is 1.66. The Hall–Kier alpha value is -2.42. The smallest absolute Gasteiger partial charge is 0.276 e. The topological polar surface area (TPSA) is 72.7 Å². The van der Waals surface area contributed by atoms with Gasteiger partial charge < -0.3 is 4.74 Å². The van der Waals surface area contributed by atoms with Crippen LogP contribution in [0.2, 0.25) is 5.02 Å². The molecule has 2 aromatic carbocycles. The molecule has 0 aromatic heterocycles. The van der Waals surface area contributed by atoms with Crippen molar-refractivity contribution >= 4 is 57.6 Å². The summed E-state index contributed by atoms with van der Waals surface area (Å²) in [6.45, 7) is 0.00830. The molecule has 6 nitrogen and oxygen atoms in total. The van der Waals surface area contributed by atoms with Crippen molar-refractivity contribution in [2.45, 2.75) is 6.61 Å². The second-order valence-electron chi connectivity index (χ2n) is 5.60. The number of ether oxygens (including phenoxy) is 1. The molecule has 1 aliphatic rings. The zero-order chi connectivity index (χ0) is 19.6. The standard InChI is InChI=1S/C18H13ClN2O4S2/c1-20-17(22)16(27-18(20)26)9-12-8-13(19)6-7-15(12)25-10-11-4-2-3-5-14(11)21(23)24/h2-9H,10H2,1H3/b16-9-. The van der Waals surface area contributed by atoms with Crippen molar-refractivity contribution < 1.29 is 14.5 Å². The molecule has 9 heteroatoms. The minimum Gasteiger partial charge on any atom is -0.488 e. The lowest BCUT2D eigenvalue weighted by Gasteiger charge is -2.10. The Morgan fingerprint density at radius 3 is 2.74 bits per heavy atom. The first-order valence-electron chi connectivity index (χ1n) is 7.73. The molecule has 27 heavy (non-hydrogen) atoms. The molecule has 3 rings (SSSR count). The molecule has 1 amide bonds. The van der Waals surface area contributed by atoms with Gasteiger partial charge in [-0.1, -0.05) is 47.7 Å². The number of carbonyl (C=O) groups is 1. The van der Waals surface area contributed by atoms with Crippen LogP contribution in [0.1, 0.15) is 11.1 Å². The van der Waals surface area contributed by atoms with Gasteiger partial charge in [0, 0.05) is 23.7 Å². The lowest BCUT2D eigenvalue weighted by atomic mass is 10.1. The minimum atomic E-state index is -0.450. The molecule has 0 aliphatic carbocycles. The molecular weight excluding hydrogens is 408 g/mol. The third kappa shape index (κ3) is 4.29. The summed E-state index contributed by atoms with van der Waals surface area (Å²) >= 11 is 12.4. The quantitative estimate of drug-likeness (QED) is 0.303. The Kier molecular flexibility index (Phi) is 5.79. The second kappa shape index (κ2) is 8.08. The molecule has 1 aliphatic heterocycles. The van der Waals surface area contributed by atoms with Gasteiger partial charge in [0.25, 0.3) is 11.6 Å². The third-order valence-electron chi connectivity index (χ3n) is 3.82. The molecule has 0 radical (unpaired) electrons. The number of carbonyl (C=O) groups excluding carboxylic acids is 1. The highest BCUT2D eigenvalue weighted by molar-refractivity contribution is 8.26. The van der Waals surface area contributed by atoms with Crippen LogP contribution in [0.25, 0.3) is 6.08 Å². The van der Waals surface area contributed by atoms with Gasteiger partial charge in [-0.05, 0) is 30.3 Å². The zero-order valence-corrected chi connectivity index (χ0v) is 16.4. The third-order valence-corrected chi connectivity index (χ3v) is 5.54. The summed E-state index contributed by atoms with van der Waals surface area (Å²) in [5.74, 6) is 0.258. The molecule has 0 spiro atoms. The van der Waals surface area contributed by atoms with E-state index in [4.69, 9.17) is 28.6 Å². The van der Waals surface area contributed by atoms with Crippen molar-refractivity contribution in [3.8, 4) is 5.75 Å². The SMILES string of the molecule is CN1C(=O)/C(=C/c2cc(Cl)ccc2OCc2ccccc2[N+](=O)[O-])SC1=S. The van der Waals surface area contributed by atoms with Gasteiger partial charge in [-0.25, -0.2) is 0 Å². The molecular formula is C18H13ClN2O4S2. The van der Waals surface area contributed by atoms with Crippen molar-refractivity contribution in [1.82, 2.24) is 4.90 Å². The van der Waals surface area contributed by atoms with Crippen LogP contribution in [0, 0.1) is 10.1 Å². The van der Waals surface area contributed by atoms with E-state index in [1.54, 1.807) is 49.5 Å². The van der Waals surface area contributed by atoms with Gasteiger partial charge in [-0.2, -0.15) is 0 Å². The first kappa shape index (κ1) is 19.3. The summed E-state index contributed by atoms with van der Waals surface area (Å²) in [4.78, 5) is 24.8. The Bertz CT molecular complexity index is 978. The normalized spacial score (nSPS) is 15.5. The predicted octanol–water partition coefficient (Wildman–Crippen LogP) is 4.66. The van der Waals surface area contributed by atoms with E-state index in [9.17, 15) is 14.9 Å². The fraction of sp³-hybridized carbons (Fsp3) is 0.111. The number of rotatable bonds is 5. The lowest BCUT2D eigenvalue weighted by molar-refractivity contribution is -0.385. The van der Waals surface area contributed by atoms with Gasteiger partial charge in [0.2, 0.25) is 0 Å². The van der Waals surface area contributed by atoms with Crippen LogP contribution in [0.4, 0.5) is 5.69 Å². The van der Waals surface area contributed by atoms with E-state index in [1.807, 2.05) is 0 Å². The number of likely N-dealkylation sites (N-methyl/N-ethyl adjacent to an activating group) is 1. The van der Waals surface area contributed by atoms with E-state index < -0.39 is 4.92 Å². The molecule has 0 saturated carbocycles. The summed E-state index contributed by atoms with van der Waals surface area (Å²) in [6, 6.07) is 11.3. The molecule has 0 unspecified atom stereocenters. The van der Waals surface area contributed by atoms with Crippen molar-refractivity contribution in [2.75, 3.05) is 7.05 Å². The highest BCUT2D eigenvalue weighted by atomic mass is 35.5.